The monoisotopic (exact) mass is 467 g/mol. The number of aromatic nitrogens is 1. The summed E-state index contributed by atoms with van der Waals surface area (Å²) >= 11 is 1.39. The molecule has 0 aliphatic carbocycles. The van der Waals surface area contributed by atoms with Crippen LogP contribution in [-0.4, -0.2) is 26.4 Å². The zero-order chi connectivity index (χ0) is 22.9. The Morgan fingerprint density at radius 2 is 1.78 bits per heavy atom. The number of rotatable bonds is 6. The number of sulfonamides is 1. The van der Waals surface area contributed by atoms with Crippen LogP contribution in [0.4, 0.5) is 10.8 Å². The number of aryl methyl sites for hydroxylation is 2. The van der Waals surface area contributed by atoms with Crippen LogP contribution < -0.4 is 14.8 Å². The summed E-state index contributed by atoms with van der Waals surface area (Å²) in [7, 11) is -2.30. The van der Waals surface area contributed by atoms with Crippen LogP contribution in [0.3, 0.4) is 0 Å². The molecule has 0 spiro atoms. The van der Waals surface area contributed by atoms with Crippen molar-refractivity contribution in [3.8, 4) is 5.75 Å². The number of hydrogen-bond acceptors (Lipinski definition) is 6. The Morgan fingerprint density at radius 1 is 1.03 bits per heavy atom. The minimum absolute atomic E-state index is 0.0910. The van der Waals surface area contributed by atoms with Gasteiger partial charge < -0.3 is 4.74 Å². The lowest BCUT2D eigenvalue weighted by atomic mass is 10.1. The van der Waals surface area contributed by atoms with Gasteiger partial charge in [0.15, 0.2) is 5.13 Å². The molecule has 0 atom stereocenters. The van der Waals surface area contributed by atoms with Gasteiger partial charge in [0.1, 0.15) is 5.75 Å². The highest BCUT2D eigenvalue weighted by Gasteiger charge is 2.16. The van der Waals surface area contributed by atoms with Gasteiger partial charge in [-0.15, -0.1) is 0 Å². The maximum absolute atomic E-state index is 12.8. The van der Waals surface area contributed by atoms with Crippen molar-refractivity contribution in [3.05, 3.63) is 77.4 Å². The van der Waals surface area contributed by atoms with Gasteiger partial charge >= 0.3 is 0 Å². The molecule has 32 heavy (non-hydrogen) atoms. The summed E-state index contributed by atoms with van der Waals surface area (Å²) in [4.78, 5) is 17.4. The van der Waals surface area contributed by atoms with Crippen molar-refractivity contribution in [2.45, 2.75) is 18.7 Å². The van der Waals surface area contributed by atoms with Crippen molar-refractivity contribution in [3.63, 3.8) is 0 Å². The number of nitrogens with zero attached hydrogens (tertiary/aromatic N) is 1. The fraction of sp³-hybridized carbons (Fsp3) is 0.130. The van der Waals surface area contributed by atoms with Crippen molar-refractivity contribution < 1.29 is 17.9 Å². The second kappa shape index (κ2) is 8.60. The van der Waals surface area contributed by atoms with Crippen LogP contribution in [0, 0.1) is 13.8 Å². The average molecular weight is 468 g/mol. The van der Waals surface area contributed by atoms with Gasteiger partial charge in [-0.2, -0.15) is 0 Å². The second-order valence-corrected chi connectivity index (χ2v) is 9.90. The molecule has 7 nitrogen and oxygen atoms in total. The highest BCUT2D eigenvalue weighted by atomic mass is 32.2. The molecule has 0 saturated carbocycles. The topological polar surface area (TPSA) is 97.4 Å². The van der Waals surface area contributed by atoms with Crippen molar-refractivity contribution in [2.24, 2.45) is 0 Å². The number of thiazole rings is 1. The molecule has 0 bridgehead atoms. The fourth-order valence-electron chi connectivity index (χ4n) is 3.14. The molecule has 1 amide bonds. The molecule has 0 fully saturated rings. The molecule has 164 valence electrons. The van der Waals surface area contributed by atoms with E-state index in [0.29, 0.717) is 16.4 Å². The van der Waals surface area contributed by atoms with Crippen molar-refractivity contribution >= 4 is 48.3 Å². The van der Waals surface area contributed by atoms with Crippen LogP contribution in [0.25, 0.3) is 10.2 Å². The minimum Gasteiger partial charge on any atom is -0.497 e. The summed E-state index contributed by atoms with van der Waals surface area (Å²) in [5, 5.41) is 3.29. The smallest absolute Gasteiger partial charge is 0.261 e. The molecule has 2 N–H and O–H groups in total. The molecular formula is C23H21N3O4S2. The first-order chi connectivity index (χ1) is 15.3. The Kier molecular flexibility index (Phi) is 5.86. The quantitative estimate of drug-likeness (QED) is 0.417. The number of amides is 1. The number of fused-ring (bicyclic) bond motifs is 1. The zero-order valence-corrected chi connectivity index (χ0v) is 19.3. The summed E-state index contributed by atoms with van der Waals surface area (Å²) in [5.41, 5.74) is 3.68. The zero-order valence-electron chi connectivity index (χ0n) is 17.7. The summed E-state index contributed by atoms with van der Waals surface area (Å²) in [6.07, 6.45) is 0. The third-order valence-corrected chi connectivity index (χ3v) is 7.39. The molecule has 0 saturated heterocycles. The van der Waals surface area contributed by atoms with E-state index in [1.807, 2.05) is 26.0 Å². The first kappa shape index (κ1) is 21.8. The molecule has 0 radical (unpaired) electrons. The maximum atomic E-state index is 12.8. The van der Waals surface area contributed by atoms with E-state index >= 15 is 0 Å². The molecule has 1 heterocycles. The second-order valence-electron chi connectivity index (χ2n) is 7.19. The highest BCUT2D eigenvalue weighted by molar-refractivity contribution is 7.92. The van der Waals surface area contributed by atoms with Gasteiger partial charge in [-0.05, 0) is 73.5 Å². The van der Waals surface area contributed by atoms with E-state index in [-0.39, 0.29) is 16.5 Å². The van der Waals surface area contributed by atoms with Gasteiger partial charge in [0, 0.05) is 11.3 Å². The molecule has 4 rings (SSSR count). The summed E-state index contributed by atoms with van der Waals surface area (Å²) < 4.78 is 33.9. The average Bonchev–Trinajstić information content (AvgIpc) is 3.19. The lowest BCUT2D eigenvalue weighted by Gasteiger charge is -2.10. The van der Waals surface area contributed by atoms with Gasteiger partial charge in [-0.3, -0.25) is 14.8 Å². The van der Waals surface area contributed by atoms with Crippen LogP contribution >= 0.6 is 11.3 Å². The largest absolute Gasteiger partial charge is 0.497 e. The molecule has 0 unspecified atom stereocenters. The highest BCUT2D eigenvalue weighted by Crippen LogP contribution is 2.30. The number of carbonyl (C=O) groups excluding carboxylic acids is 1. The van der Waals surface area contributed by atoms with E-state index in [1.54, 1.807) is 30.3 Å². The SMILES string of the molecule is COc1ccc(S(=O)(=O)Nc2cccc(C(=O)Nc3nc4c(C)c(C)ccc4s3)c2)cc1. The van der Waals surface area contributed by atoms with Crippen molar-refractivity contribution in [2.75, 3.05) is 17.1 Å². The van der Waals surface area contributed by atoms with Crippen LogP contribution in [0.5, 0.6) is 5.75 Å². The first-order valence-corrected chi connectivity index (χ1v) is 12.0. The van der Waals surface area contributed by atoms with Gasteiger partial charge in [0.25, 0.3) is 15.9 Å². The normalized spacial score (nSPS) is 11.3. The number of methoxy groups -OCH3 is 1. The van der Waals surface area contributed by atoms with Gasteiger partial charge in [-0.1, -0.05) is 23.5 Å². The number of ether oxygens (including phenoxy) is 1. The Bertz CT molecular complexity index is 1410. The first-order valence-electron chi connectivity index (χ1n) is 9.72. The van der Waals surface area contributed by atoms with Crippen LogP contribution in [-0.2, 0) is 10.0 Å². The number of hydrogen-bond donors (Lipinski definition) is 2. The van der Waals surface area contributed by atoms with Crippen molar-refractivity contribution in [1.82, 2.24) is 4.98 Å². The van der Waals surface area contributed by atoms with Gasteiger partial charge in [0.2, 0.25) is 0 Å². The lowest BCUT2D eigenvalue weighted by Crippen LogP contribution is -2.15. The number of carbonyl (C=O) groups is 1. The molecule has 9 heteroatoms. The van der Waals surface area contributed by atoms with E-state index in [9.17, 15) is 13.2 Å². The van der Waals surface area contributed by atoms with Gasteiger partial charge in [-0.25, -0.2) is 13.4 Å². The van der Waals surface area contributed by atoms with E-state index in [0.717, 1.165) is 21.3 Å². The number of benzene rings is 3. The van der Waals surface area contributed by atoms with Crippen LogP contribution in [0.1, 0.15) is 21.5 Å². The van der Waals surface area contributed by atoms with Crippen LogP contribution in [0.2, 0.25) is 0 Å². The Hall–Kier alpha value is -3.43. The predicted octanol–water partition coefficient (Wildman–Crippen LogP) is 4.97. The summed E-state index contributed by atoms with van der Waals surface area (Å²) in [6, 6.07) is 16.4. The van der Waals surface area contributed by atoms with Crippen LogP contribution in [0.15, 0.2) is 65.6 Å². The third kappa shape index (κ3) is 4.44. The lowest BCUT2D eigenvalue weighted by molar-refractivity contribution is 0.102. The van der Waals surface area contributed by atoms with E-state index in [2.05, 4.69) is 15.0 Å². The van der Waals surface area contributed by atoms with E-state index in [4.69, 9.17) is 4.74 Å². The molecular weight excluding hydrogens is 446 g/mol. The fourth-order valence-corrected chi connectivity index (χ4v) is 5.11. The minimum atomic E-state index is -3.81. The van der Waals surface area contributed by atoms with Gasteiger partial charge in [0.05, 0.1) is 22.2 Å². The summed E-state index contributed by atoms with van der Waals surface area (Å²) in [5.74, 6) is 0.187. The van der Waals surface area contributed by atoms with Crippen molar-refractivity contribution in [1.29, 1.82) is 0 Å². The molecule has 0 aliphatic heterocycles. The number of nitrogens with one attached hydrogen (secondary N) is 2. The Balaban J connectivity index is 1.53. The standard InChI is InChI=1S/C23H21N3O4S2/c1-14-7-12-20-21(15(14)2)24-23(31-20)25-22(27)16-5-4-6-17(13-16)26-32(28,29)19-10-8-18(30-3)9-11-19/h4-13,26H,1-3H3,(H,24,25,27). The molecule has 4 aromatic rings. The maximum Gasteiger partial charge on any atom is 0.261 e. The molecule has 3 aromatic carbocycles. The Morgan fingerprint density at radius 3 is 2.50 bits per heavy atom. The Labute approximate surface area is 190 Å². The third-order valence-electron chi connectivity index (χ3n) is 5.05. The van der Waals surface area contributed by atoms with E-state index < -0.39 is 10.0 Å². The summed E-state index contributed by atoms with van der Waals surface area (Å²) in [6.45, 7) is 4.02. The van der Waals surface area contributed by atoms with E-state index in [1.165, 1.54) is 36.6 Å². The number of anilines is 2. The predicted molar refractivity (Wildman–Crippen MR) is 127 cm³/mol. The molecule has 0 aliphatic rings. The molecule has 1 aromatic heterocycles.